The van der Waals surface area contributed by atoms with Crippen LogP contribution in [-0.4, -0.2) is 55.1 Å². The number of benzene rings is 2. The van der Waals surface area contributed by atoms with Gasteiger partial charge in [0.15, 0.2) is 5.13 Å². The van der Waals surface area contributed by atoms with E-state index >= 15 is 0 Å². The molecule has 4 rings (SSSR count). The number of nitrogens with one attached hydrogen (secondary N) is 1. The van der Waals surface area contributed by atoms with Crippen molar-refractivity contribution in [3.05, 3.63) is 58.6 Å². The van der Waals surface area contributed by atoms with Gasteiger partial charge in [0.05, 0.1) is 10.2 Å². The van der Waals surface area contributed by atoms with Gasteiger partial charge in [-0.3, -0.25) is 9.69 Å². The largest absolute Gasteiger partial charge is 0.351 e. The number of carbonyl (C=O) groups is 1. The zero-order chi connectivity index (χ0) is 19.5. The summed E-state index contributed by atoms with van der Waals surface area (Å²) in [5, 5.41) is 4.84. The summed E-state index contributed by atoms with van der Waals surface area (Å²) in [6, 6.07) is 13.3. The fourth-order valence-corrected chi connectivity index (χ4v) is 4.64. The maximum Gasteiger partial charge on any atom is 0.251 e. The van der Waals surface area contributed by atoms with E-state index in [1.54, 1.807) is 11.3 Å². The molecule has 7 heteroatoms. The molecule has 0 aliphatic carbocycles. The second-order valence-electron chi connectivity index (χ2n) is 6.97. The highest BCUT2D eigenvalue weighted by atomic mass is 35.5. The van der Waals surface area contributed by atoms with Gasteiger partial charge in [-0.25, -0.2) is 4.98 Å². The van der Waals surface area contributed by atoms with E-state index in [9.17, 15) is 4.79 Å². The van der Waals surface area contributed by atoms with Crippen molar-refractivity contribution in [3.8, 4) is 0 Å². The topological polar surface area (TPSA) is 48.5 Å². The summed E-state index contributed by atoms with van der Waals surface area (Å²) in [5.74, 6) is -0.0113. The van der Waals surface area contributed by atoms with Gasteiger partial charge in [0.1, 0.15) is 0 Å². The lowest BCUT2D eigenvalue weighted by molar-refractivity contribution is 0.0948. The summed E-state index contributed by atoms with van der Waals surface area (Å²) >= 11 is 7.95. The number of piperazine rings is 1. The Morgan fingerprint density at radius 3 is 2.64 bits per heavy atom. The Kier molecular flexibility index (Phi) is 5.80. The molecule has 5 nitrogen and oxygen atoms in total. The van der Waals surface area contributed by atoms with Gasteiger partial charge in [0, 0.05) is 49.9 Å². The van der Waals surface area contributed by atoms with Crippen LogP contribution in [0.2, 0.25) is 5.02 Å². The summed E-state index contributed by atoms with van der Waals surface area (Å²) in [7, 11) is 0. The van der Waals surface area contributed by atoms with Crippen LogP contribution < -0.4 is 10.2 Å². The predicted molar refractivity (Wildman–Crippen MR) is 117 cm³/mol. The van der Waals surface area contributed by atoms with Crippen LogP contribution >= 0.6 is 22.9 Å². The lowest BCUT2D eigenvalue weighted by Gasteiger charge is -2.34. The zero-order valence-electron chi connectivity index (χ0n) is 15.8. The van der Waals surface area contributed by atoms with Crippen molar-refractivity contribution < 1.29 is 4.79 Å². The highest BCUT2D eigenvalue weighted by Gasteiger charge is 2.20. The third-order valence-corrected chi connectivity index (χ3v) is 6.62. The number of amides is 1. The third-order valence-electron chi connectivity index (χ3n) is 5.13. The van der Waals surface area contributed by atoms with Gasteiger partial charge < -0.3 is 10.2 Å². The third kappa shape index (κ3) is 4.14. The minimum absolute atomic E-state index is 0.0113. The van der Waals surface area contributed by atoms with Crippen LogP contribution in [-0.2, 0) is 0 Å². The monoisotopic (exact) mass is 414 g/mol. The SMILES string of the molecule is Cc1c(Cl)ccc2sc(N3CCN(CCNC(=O)c4ccccc4)CC3)nc12. The Labute approximate surface area is 173 Å². The van der Waals surface area contributed by atoms with E-state index in [0.29, 0.717) is 12.1 Å². The quantitative estimate of drug-likeness (QED) is 0.689. The van der Waals surface area contributed by atoms with Crippen molar-refractivity contribution in [2.75, 3.05) is 44.2 Å². The Balaban J connectivity index is 1.28. The van der Waals surface area contributed by atoms with Gasteiger partial charge >= 0.3 is 0 Å². The average molecular weight is 415 g/mol. The van der Waals surface area contributed by atoms with Gasteiger partial charge in [0.25, 0.3) is 5.91 Å². The first-order valence-corrected chi connectivity index (χ1v) is 10.7. The minimum Gasteiger partial charge on any atom is -0.351 e. The number of nitrogens with zero attached hydrogens (tertiary/aromatic N) is 3. The van der Waals surface area contributed by atoms with Gasteiger partial charge in [-0.2, -0.15) is 0 Å². The maximum atomic E-state index is 12.1. The van der Waals surface area contributed by atoms with Crippen LogP contribution in [0.25, 0.3) is 10.2 Å². The molecule has 1 aromatic heterocycles. The number of fused-ring (bicyclic) bond motifs is 1. The van der Waals surface area contributed by atoms with Gasteiger partial charge in [-0.1, -0.05) is 41.1 Å². The second kappa shape index (κ2) is 8.47. The maximum absolute atomic E-state index is 12.1. The minimum atomic E-state index is -0.0113. The van der Waals surface area contributed by atoms with Crippen molar-refractivity contribution in [1.82, 2.24) is 15.2 Å². The molecular formula is C21H23ClN4OS. The molecule has 146 valence electrons. The molecule has 1 N–H and O–H groups in total. The number of thiazole rings is 1. The summed E-state index contributed by atoms with van der Waals surface area (Å²) in [5.41, 5.74) is 2.77. The van der Waals surface area contributed by atoms with Crippen LogP contribution in [0.5, 0.6) is 0 Å². The van der Waals surface area contributed by atoms with E-state index in [-0.39, 0.29) is 5.91 Å². The average Bonchev–Trinajstić information content (AvgIpc) is 3.17. The van der Waals surface area contributed by atoms with Crippen LogP contribution in [0.4, 0.5) is 5.13 Å². The Hall–Kier alpha value is -2.15. The number of hydrogen-bond donors (Lipinski definition) is 1. The number of halogens is 1. The number of aryl methyl sites for hydroxylation is 1. The molecule has 0 saturated carbocycles. The second-order valence-corrected chi connectivity index (χ2v) is 8.38. The highest BCUT2D eigenvalue weighted by molar-refractivity contribution is 7.22. The summed E-state index contributed by atoms with van der Waals surface area (Å²) in [4.78, 5) is 21.7. The highest BCUT2D eigenvalue weighted by Crippen LogP contribution is 2.33. The fourth-order valence-electron chi connectivity index (χ4n) is 3.41. The molecule has 3 aromatic rings. The normalized spacial score (nSPS) is 15.1. The molecule has 0 radical (unpaired) electrons. The number of carbonyl (C=O) groups excluding carboxylic acids is 1. The first-order chi connectivity index (χ1) is 13.6. The van der Waals surface area contributed by atoms with E-state index in [4.69, 9.17) is 16.6 Å². The van der Waals surface area contributed by atoms with Gasteiger partial charge in [0.2, 0.25) is 0 Å². The fraction of sp³-hybridized carbons (Fsp3) is 0.333. The number of rotatable bonds is 5. The molecule has 2 heterocycles. The molecule has 1 saturated heterocycles. The van der Waals surface area contributed by atoms with E-state index in [1.807, 2.05) is 43.3 Å². The molecular weight excluding hydrogens is 392 g/mol. The summed E-state index contributed by atoms with van der Waals surface area (Å²) < 4.78 is 1.18. The van der Waals surface area contributed by atoms with Crippen LogP contribution in [0.3, 0.4) is 0 Å². The first-order valence-electron chi connectivity index (χ1n) is 9.48. The van der Waals surface area contributed by atoms with Crippen molar-refractivity contribution in [1.29, 1.82) is 0 Å². The first kappa shape index (κ1) is 19.2. The summed E-state index contributed by atoms with van der Waals surface area (Å²) in [6.07, 6.45) is 0. The molecule has 1 amide bonds. The lowest BCUT2D eigenvalue weighted by Crippen LogP contribution is -2.48. The molecule has 0 spiro atoms. The van der Waals surface area contributed by atoms with Gasteiger partial charge in [-0.15, -0.1) is 0 Å². The van der Waals surface area contributed by atoms with Crippen molar-refractivity contribution in [2.24, 2.45) is 0 Å². The molecule has 1 fully saturated rings. The van der Waals surface area contributed by atoms with Crippen molar-refractivity contribution in [3.63, 3.8) is 0 Å². The van der Waals surface area contributed by atoms with Crippen LogP contribution in [0.15, 0.2) is 42.5 Å². The van der Waals surface area contributed by atoms with Gasteiger partial charge in [-0.05, 0) is 36.8 Å². The van der Waals surface area contributed by atoms with E-state index in [1.165, 1.54) is 4.70 Å². The number of aromatic nitrogens is 1. The van der Waals surface area contributed by atoms with E-state index in [0.717, 1.165) is 54.0 Å². The van der Waals surface area contributed by atoms with Crippen LogP contribution in [0, 0.1) is 6.92 Å². The Morgan fingerprint density at radius 2 is 1.89 bits per heavy atom. The standard InChI is InChI=1S/C21H23ClN4OS/c1-15-17(22)7-8-18-19(15)24-21(28-18)26-13-11-25(12-14-26)10-9-23-20(27)16-5-3-2-4-6-16/h2-8H,9-14H2,1H3,(H,23,27). The Bertz CT molecular complexity index is 967. The molecule has 0 atom stereocenters. The smallest absolute Gasteiger partial charge is 0.251 e. The predicted octanol–water partition coefficient (Wildman–Crippen LogP) is 3.81. The number of hydrogen-bond acceptors (Lipinski definition) is 5. The Morgan fingerprint density at radius 1 is 1.14 bits per heavy atom. The van der Waals surface area contributed by atoms with E-state index in [2.05, 4.69) is 21.2 Å². The number of anilines is 1. The zero-order valence-corrected chi connectivity index (χ0v) is 17.4. The van der Waals surface area contributed by atoms with Crippen LogP contribution in [0.1, 0.15) is 15.9 Å². The molecule has 1 aliphatic rings. The van der Waals surface area contributed by atoms with Crippen molar-refractivity contribution in [2.45, 2.75) is 6.92 Å². The molecule has 0 bridgehead atoms. The molecule has 0 unspecified atom stereocenters. The molecule has 28 heavy (non-hydrogen) atoms. The van der Waals surface area contributed by atoms with E-state index < -0.39 is 0 Å². The lowest BCUT2D eigenvalue weighted by atomic mass is 10.2. The molecule has 1 aliphatic heterocycles. The summed E-state index contributed by atoms with van der Waals surface area (Å²) in [6.45, 7) is 7.37. The van der Waals surface area contributed by atoms with Crippen molar-refractivity contribution >= 4 is 44.2 Å². The molecule has 2 aromatic carbocycles.